The first kappa shape index (κ1) is 14.7. The maximum absolute atomic E-state index is 11.9. The fourth-order valence-corrected chi connectivity index (χ4v) is 1.80. The fraction of sp³-hybridized carbons (Fsp3) is 0.111. The summed E-state index contributed by atoms with van der Waals surface area (Å²) in [5.41, 5.74) is 6.47. The molecule has 106 valence electrons. The second-order valence-corrected chi connectivity index (χ2v) is 4.79. The van der Waals surface area contributed by atoms with E-state index in [0.29, 0.717) is 5.56 Å². The van der Waals surface area contributed by atoms with Gasteiger partial charge in [0.15, 0.2) is 0 Å². The summed E-state index contributed by atoms with van der Waals surface area (Å²) in [6.45, 7) is 4.00. The van der Waals surface area contributed by atoms with Gasteiger partial charge < -0.3 is 0 Å². The Balaban J connectivity index is 1.90. The van der Waals surface area contributed by atoms with Crippen molar-refractivity contribution < 1.29 is 4.79 Å². The summed E-state index contributed by atoms with van der Waals surface area (Å²) in [6.07, 6.45) is 5.27. The highest BCUT2D eigenvalue weighted by molar-refractivity contribution is 5.95. The summed E-state index contributed by atoms with van der Waals surface area (Å²) in [7, 11) is 0. The zero-order valence-corrected chi connectivity index (χ0v) is 12.2. The van der Waals surface area contributed by atoms with Crippen LogP contribution < -0.4 is 5.43 Å². The summed E-state index contributed by atoms with van der Waals surface area (Å²) < 4.78 is 0. The van der Waals surface area contributed by atoms with Crippen LogP contribution in [-0.2, 0) is 0 Å². The van der Waals surface area contributed by atoms with E-state index in [9.17, 15) is 4.79 Å². The van der Waals surface area contributed by atoms with Crippen molar-refractivity contribution >= 4 is 18.2 Å². The molecule has 1 N–H and O–H groups in total. The monoisotopic (exact) mass is 278 g/mol. The van der Waals surface area contributed by atoms with E-state index in [2.05, 4.69) is 10.5 Å². The van der Waals surface area contributed by atoms with Crippen LogP contribution in [0.25, 0.3) is 6.08 Å². The average molecular weight is 278 g/mol. The average Bonchev–Trinajstić information content (AvgIpc) is 2.50. The molecule has 0 aliphatic rings. The number of hydrogen-bond donors (Lipinski definition) is 1. The van der Waals surface area contributed by atoms with Gasteiger partial charge in [-0.25, -0.2) is 5.43 Å². The number of carbonyl (C=O) groups is 1. The van der Waals surface area contributed by atoms with E-state index in [1.54, 1.807) is 18.4 Å². The van der Waals surface area contributed by atoms with Crippen molar-refractivity contribution in [1.29, 1.82) is 0 Å². The molecule has 2 aromatic rings. The number of carbonyl (C=O) groups excluding carboxylic acids is 1. The van der Waals surface area contributed by atoms with Gasteiger partial charge in [0.1, 0.15) is 0 Å². The highest BCUT2D eigenvalue weighted by atomic mass is 16.2. The number of hydrogen-bond acceptors (Lipinski definition) is 2. The van der Waals surface area contributed by atoms with Crippen molar-refractivity contribution in [2.24, 2.45) is 5.10 Å². The minimum atomic E-state index is -0.206. The van der Waals surface area contributed by atoms with Gasteiger partial charge in [-0.05, 0) is 48.7 Å². The first-order chi connectivity index (χ1) is 10.2. The molecule has 0 radical (unpaired) electrons. The Hall–Kier alpha value is -2.68. The van der Waals surface area contributed by atoms with Crippen molar-refractivity contribution in [3.8, 4) is 0 Å². The van der Waals surface area contributed by atoms with Gasteiger partial charge in [0, 0.05) is 11.8 Å². The minimum absolute atomic E-state index is 0.206. The molecule has 0 unspecified atom stereocenters. The van der Waals surface area contributed by atoms with Crippen molar-refractivity contribution in [2.75, 3.05) is 0 Å². The highest BCUT2D eigenvalue weighted by Gasteiger charge is 2.04. The molecular weight excluding hydrogens is 260 g/mol. The second-order valence-electron chi connectivity index (χ2n) is 4.79. The fourth-order valence-electron chi connectivity index (χ4n) is 1.80. The van der Waals surface area contributed by atoms with Crippen LogP contribution in [0.1, 0.15) is 27.0 Å². The van der Waals surface area contributed by atoms with Crippen molar-refractivity contribution in [3.63, 3.8) is 0 Å². The topological polar surface area (TPSA) is 41.5 Å². The van der Waals surface area contributed by atoms with Crippen LogP contribution in [0.5, 0.6) is 0 Å². The first-order valence-corrected chi connectivity index (χ1v) is 6.79. The van der Waals surface area contributed by atoms with Crippen LogP contribution >= 0.6 is 0 Å². The Morgan fingerprint density at radius 2 is 1.81 bits per heavy atom. The van der Waals surface area contributed by atoms with Crippen LogP contribution in [-0.4, -0.2) is 12.1 Å². The van der Waals surface area contributed by atoms with Crippen LogP contribution in [0.15, 0.2) is 59.7 Å². The summed E-state index contributed by atoms with van der Waals surface area (Å²) in [5, 5.41) is 3.90. The lowest BCUT2D eigenvalue weighted by Crippen LogP contribution is -2.17. The Bertz CT molecular complexity index is 673. The normalized spacial score (nSPS) is 11.1. The molecule has 0 aliphatic heterocycles. The molecule has 0 saturated heterocycles. The van der Waals surface area contributed by atoms with Crippen LogP contribution in [0.3, 0.4) is 0 Å². The van der Waals surface area contributed by atoms with E-state index >= 15 is 0 Å². The largest absolute Gasteiger partial charge is 0.271 e. The third-order valence-electron chi connectivity index (χ3n) is 3.18. The van der Waals surface area contributed by atoms with Crippen LogP contribution in [0.2, 0.25) is 0 Å². The Kier molecular flexibility index (Phi) is 5.04. The van der Waals surface area contributed by atoms with Crippen LogP contribution in [0.4, 0.5) is 0 Å². The molecule has 2 rings (SSSR count). The van der Waals surface area contributed by atoms with E-state index in [1.165, 1.54) is 5.56 Å². The predicted octanol–water partition coefficient (Wildman–Crippen LogP) is 3.73. The quantitative estimate of drug-likeness (QED) is 0.672. The summed E-state index contributed by atoms with van der Waals surface area (Å²) in [4.78, 5) is 11.9. The van der Waals surface area contributed by atoms with Gasteiger partial charge in [-0.3, -0.25) is 4.79 Å². The number of amides is 1. The SMILES string of the molecule is Cc1ccc(C(=O)NN=CC=Cc2ccccc2)cc1C. The number of nitrogens with zero attached hydrogens (tertiary/aromatic N) is 1. The number of rotatable bonds is 4. The molecule has 1 amide bonds. The predicted molar refractivity (Wildman–Crippen MR) is 87.4 cm³/mol. The zero-order valence-electron chi connectivity index (χ0n) is 12.2. The van der Waals surface area contributed by atoms with Gasteiger partial charge in [0.25, 0.3) is 5.91 Å². The van der Waals surface area contributed by atoms with Crippen molar-refractivity contribution in [2.45, 2.75) is 13.8 Å². The second kappa shape index (κ2) is 7.20. The molecule has 3 nitrogen and oxygen atoms in total. The van der Waals surface area contributed by atoms with Gasteiger partial charge in [0.2, 0.25) is 0 Å². The maximum atomic E-state index is 11.9. The van der Waals surface area contributed by atoms with Crippen molar-refractivity contribution in [1.82, 2.24) is 5.43 Å². The molecule has 0 bridgehead atoms. The van der Waals surface area contributed by atoms with Gasteiger partial charge >= 0.3 is 0 Å². The minimum Gasteiger partial charge on any atom is -0.267 e. The van der Waals surface area contributed by atoms with Crippen molar-refractivity contribution in [3.05, 3.63) is 76.9 Å². The third-order valence-corrected chi connectivity index (χ3v) is 3.18. The molecule has 0 aliphatic carbocycles. The smallest absolute Gasteiger partial charge is 0.267 e. The van der Waals surface area contributed by atoms with E-state index < -0.39 is 0 Å². The Labute approximate surface area is 125 Å². The lowest BCUT2D eigenvalue weighted by molar-refractivity contribution is 0.0955. The standard InChI is InChI=1S/C18H18N2O/c1-14-10-11-17(13-15(14)2)18(21)20-19-12-6-9-16-7-4-3-5-8-16/h3-13H,1-2H3,(H,20,21). The molecule has 0 aromatic heterocycles. The van der Waals surface area contributed by atoms with E-state index in [-0.39, 0.29) is 5.91 Å². The number of hydrazone groups is 1. The van der Waals surface area contributed by atoms with E-state index in [4.69, 9.17) is 0 Å². The summed E-state index contributed by atoms with van der Waals surface area (Å²) in [6, 6.07) is 15.5. The Morgan fingerprint density at radius 1 is 1.05 bits per heavy atom. The third kappa shape index (κ3) is 4.42. The number of allylic oxidation sites excluding steroid dienone is 1. The lowest BCUT2D eigenvalue weighted by Gasteiger charge is -2.03. The van der Waals surface area contributed by atoms with Crippen LogP contribution in [0, 0.1) is 13.8 Å². The van der Waals surface area contributed by atoms with E-state index in [0.717, 1.165) is 11.1 Å². The Morgan fingerprint density at radius 3 is 2.52 bits per heavy atom. The highest BCUT2D eigenvalue weighted by Crippen LogP contribution is 2.09. The summed E-state index contributed by atoms with van der Waals surface area (Å²) in [5.74, 6) is -0.206. The molecule has 21 heavy (non-hydrogen) atoms. The van der Waals surface area contributed by atoms with E-state index in [1.807, 2.05) is 62.4 Å². The summed E-state index contributed by atoms with van der Waals surface area (Å²) >= 11 is 0. The molecule has 0 fully saturated rings. The lowest BCUT2D eigenvalue weighted by atomic mass is 10.1. The van der Waals surface area contributed by atoms with Gasteiger partial charge in [-0.15, -0.1) is 0 Å². The molecule has 0 spiro atoms. The van der Waals surface area contributed by atoms with Gasteiger partial charge in [-0.2, -0.15) is 5.10 Å². The maximum Gasteiger partial charge on any atom is 0.271 e. The van der Waals surface area contributed by atoms with Gasteiger partial charge in [0.05, 0.1) is 0 Å². The first-order valence-electron chi connectivity index (χ1n) is 6.79. The molecule has 0 atom stereocenters. The molecular formula is C18H18N2O. The molecule has 0 saturated carbocycles. The molecule has 2 aromatic carbocycles. The zero-order chi connectivity index (χ0) is 15.1. The number of benzene rings is 2. The molecule has 3 heteroatoms. The van der Waals surface area contributed by atoms with Gasteiger partial charge in [-0.1, -0.05) is 42.5 Å². The number of aryl methyl sites for hydroxylation is 2. The molecule has 0 heterocycles. The number of nitrogens with one attached hydrogen (secondary N) is 1.